The lowest BCUT2D eigenvalue weighted by Gasteiger charge is -2.32. The van der Waals surface area contributed by atoms with Gasteiger partial charge in [-0.15, -0.1) is 0 Å². The van der Waals surface area contributed by atoms with E-state index in [2.05, 4.69) is 31.2 Å². The van der Waals surface area contributed by atoms with Crippen LogP contribution >= 0.6 is 0 Å². The Labute approximate surface area is 160 Å². The Kier molecular flexibility index (Phi) is 5.35. The zero-order chi connectivity index (χ0) is 19.6. The van der Waals surface area contributed by atoms with Crippen LogP contribution < -0.4 is 5.32 Å². The highest BCUT2D eigenvalue weighted by Gasteiger charge is 2.27. The quantitative estimate of drug-likeness (QED) is 0.906. The predicted molar refractivity (Wildman–Crippen MR) is 105 cm³/mol. The molecule has 1 fully saturated rings. The molecule has 6 nitrogen and oxygen atoms in total. The SMILES string of the molecule is Cc1nn(C(C)(C)C)cc1C(=O)N1CCC(NC(=O)c2ccccc2)CC1. The van der Waals surface area contributed by atoms with Crippen LogP contribution in [0.1, 0.15) is 60.0 Å². The Hall–Kier alpha value is -2.63. The third kappa shape index (κ3) is 4.38. The molecule has 1 aromatic carbocycles. The highest BCUT2D eigenvalue weighted by Crippen LogP contribution is 2.20. The van der Waals surface area contributed by atoms with Gasteiger partial charge in [0.2, 0.25) is 0 Å². The largest absolute Gasteiger partial charge is 0.349 e. The van der Waals surface area contributed by atoms with Crippen molar-refractivity contribution in [3.8, 4) is 0 Å². The Bertz CT molecular complexity index is 812. The number of carbonyl (C=O) groups is 2. The van der Waals surface area contributed by atoms with Crippen LogP contribution in [0, 0.1) is 6.92 Å². The van der Waals surface area contributed by atoms with Gasteiger partial charge in [0.25, 0.3) is 11.8 Å². The number of benzene rings is 1. The smallest absolute Gasteiger partial charge is 0.257 e. The van der Waals surface area contributed by atoms with E-state index in [9.17, 15) is 9.59 Å². The average molecular weight is 368 g/mol. The summed E-state index contributed by atoms with van der Waals surface area (Å²) in [6, 6.07) is 9.32. The van der Waals surface area contributed by atoms with Gasteiger partial charge in [0.15, 0.2) is 0 Å². The molecule has 3 rings (SSSR count). The van der Waals surface area contributed by atoms with Crippen molar-refractivity contribution in [3.05, 3.63) is 53.3 Å². The number of aryl methyl sites for hydroxylation is 1. The molecule has 2 heterocycles. The van der Waals surface area contributed by atoms with E-state index >= 15 is 0 Å². The molecule has 2 aromatic rings. The molecule has 2 amide bonds. The second-order valence-electron chi connectivity index (χ2n) is 8.15. The first-order valence-electron chi connectivity index (χ1n) is 9.47. The van der Waals surface area contributed by atoms with Gasteiger partial charge in [-0.2, -0.15) is 5.10 Å². The molecular formula is C21H28N4O2. The number of hydrogen-bond donors (Lipinski definition) is 1. The van der Waals surface area contributed by atoms with Crippen molar-refractivity contribution in [1.82, 2.24) is 20.0 Å². The zero-order valence-electron chi connectivity index (χ0n) is 16.5. The average Bonchev–Trinajstić information content (AvgIpc) is 3.04. The number of piperidine rings is 1. The first-order valence-corrected chi connectivity index (χ1v) is 9.47. The van der Waals surface area contributed by atoms with E-state index in [1.807, 2.05) is 53.0 Å². The Balaban J connectivity index is 1.58. The molecule has 0 radical (unpaired) electrons. The summed E-state index contributed by atoms with van der Waals surface area (Å²) in [5.74, 6) is -0.0292. The number of nitrogens with zero attached hydrogens (tertiary/aromatic N) is 3. The van der Waals surface area contributed by atoms with Gasteiger partial charge < -0.3 is 10.2 Å². The second kappa shape index (κ2) is 7.55. The number of likely N-dealkylation sites (tertiary alicyclic amines) is 1. The van der Waals surface area contributed by atoms with Gasteiger partial charge in [-0.05, 0) is 52.7 Å². The molecule has 0 spiro atoms. The van der Waals surface area contributed by atoms with Crippen LogP contribution in [0.4, 0.5) is 0 Å². The minimum absolute atomic E-state index is 0.0239. The molecule has 1 aromatic heterocycles. The number of aromatic nitrogens is 2. The summed E-state index contributed by atoms with van der Waals surface area (Å²) in [6.07, 6.45) is 3.37. The summed E-state index contributed by atoms with van der Waals surface area (Å²) in [4.78, 5) is 27.0. The summed E-state index contributed by atoms with van der Waals surface area (Å²) in [5, 5.41) is 7.57. The molecule has 1 aliphatic heterocycles. The summed E-state index contributed by atoms with van der Waals surface area (Å²) < 4.78 is 1.85. The molecule has 6 heteroatoms. The van der Waals surface area contributed by atoms with Gasteiger partial charge in [0.1, 0.15) is 0 Å². The molecule has 144 valence electrons. The lowest BCUT2D eigenvalue weighted by atomic mass is 10.0. The van der Waals surface area contributed by atoms with Crippen LogP contribution in [0.25, 0.3) is 0 Å². The van der Waals surface area contributed by atoms with Crippen LogP contribution in [-0.2, 0) is 5.54 Å². The Morgan fingerprint density at radius 1 is 1.11 bits per heavy atom. The molecule has 1 aliphatic rings. The number of nitrogens with one attached hydrogen (secondary N) is 1. The number of rotatable bonds is 3. The van der Waals surface area contributed by atoms with Gasteiger partial charge in [-0.1, -0.05) is 18.2 Å². The summed E-state index contributed by atoms with van der Waals surface area (Å²) in [6.45, 7) is 9.34. The summed E-state index contributed by atoms with van der Waals surface area (Å²) in [5.41, 5.74) is 1.94. The zero-order valence-corrected chi connectivity index (χ0v) is 16.5. The highest BCUT2D eigenvalue weighted by atomic mass is 16.2. The number of carbonyl (C=O) groups excluding carboxylic acids is 2. The third-order valence-electron chi connectivity index (χ3n) is 4.97. The van der Waals surface area contributed by atoms with E-state index in [1.54, 1.807) is 0 Å². The van der Waals surface area contributed by atoms with Crippen LogP contribution in [0.2, 0.25) is 0 Å². The standard InChI is InChI=1S/C21H28N4O2/c1-15-18(14-25(23-15)21(2,3)4)20(27)24-12-10-17(11-13-24)22-19(26)16-8-6-5-7-9-16/h5-9,14,17H,10-13H2,1-4H3,(H,22,26). The fourth-order valence-corrected chi connectivity index (χ4v) is 3.27. The molecule has 0 aliphatic carbocycles. The highest BCUT2D eigenvalue weighted by molar-refractivity contribution is 5.95. The van der Waals surface area contributed by atoms with Crippen LogP contribution in [0.5, 0.6) is 0 Å². The van der Waals surface area contributed by atoms with Crippen LogP contribution in [0.3, 0.4) is 0 Å². The molecular weight excluding hydrogens is 340 g/mol. The normalized spacial score (nSPS) is 15.6. The van der Waals surface area contributed by atoms with Crippen LogP contribution in [-0.4, -0.2) is 45.6 Å². The van der Waals surface area contributed by atoms with E-state index in [0.29, 0.717) is 24.2 Å². The maximum Gasteiger partial charge on any atom is 0.257 e. The minimum Gasteiger partial charge on any atom is -0.349 e. The predicted octanol–water partition coefficient (Wildman–Crippen LogP) is 2.98. The third-order valence-corrected chi connectivity index (χ3v) is 4.97. The van der Waals surface area contributed by atoms with Crippen LogP contribution in [0.15, 0.2) is 36.5 Å². The van der Waals surface area contributed by atoms with Crippen molar-refractivity contribution in [1.29, 1.82) is 0 Å². The maximum absolute atomic E-state index is 12.9. The van der Waals surface area contributed by atoms with Crippen molar-refractivity contribution in [2.24, 2.45) is 0 Å². The molecule has 0 unspecified atom stereocenters. The van der Waals surface area contributed by atoms with Gasteiger partial charge in [-0.3, -0.25) is 14.3 Å². The number of amides is 2. The molecule has 0 bridgehead atoms. The molecule has 0 saturated carbocycles. The minimum atomic E-state index is -0.155. The van der Waals surface area contributed by atoms with E-state index in [4.69, 9.17) is 0 Å². The summed E-state index contributed by atoms with van der Waals surface area (Å²) in [7, 11) is 0. The number of hydrogen-bond acceptors (Lipinski definition) is 3. The lowest BCUT2D eigenvalue weighted by molar-refractivity contribution is 0.0697. The summed E-state index contributed by atoms with van der Waals surface area (Å²) >= 11 is 0. The molecule has 0 atom stereocenters. The topological polar surface area (TPSA) is 67.2 Å². The lowest BCUT2D eigenvalue weighted by Crippen LogP contribution is -2.46. The van der Waals surface area contributed by atoms with Gasteiger partial charge >= 0.3 is 0 Å². The van der Waals surface area contributed by atoms with Gasteiger partial charge in [0.05, 0.1) is 16.8 Å². The van der Waals surface area contributed by atoms with E-state index in [-0.39, 0.29) is 23.4 Å². The van der Waals surface area contributed by atoms with E-state index < -0.39 is 0 Å². The van der Waals surface area contributed by atoms with E-state index in [0.717, 1.165) is 18.5 Å². The second-order valence-corrected chi connectivity index (χ2v) is 8.15. The first-order chi connectivity index (χ1) is 12.8. The first kappa shape index (κ1) is 19.1. The van der Waals surface area contributed by atoms with Gasteiger partial charge in [0, 0.05) is 30.9 Å². The van der Waals surface area contributed by atoms with Crippen molar-refractivity contribution in [3.63, 3.8) is 0 Å². The van der Waals surface area contributed by atoms with Crippen molar-refractivity contribution >= 4 is 11.8 Å². The Morgan fingerprint density at radius 2 is 1.74 bits per heavy atom. The van der Waals surface area contributed by atoms with Crippen molar-refractivity contribution in [2.75, 3.05) is 13.1 Å². The van der Waals surface area contributed by atoms with E-state index in [1.165, 1.54) is 0 Å². The Morgan fingerprint density at radius 3 is 2.30 bits per heavy atom. The fraction of sp³-hybridized carbons (Fsp3) is 0.476. The van der Waals surface area contributed by atoms with Crippen molar-refractivity contribution < 1.29 is 9.59 Å². The fourth-order valence-electron chi connectivity index (χ4n) is 3.27. The molecule has 1 N–H and O–H groups in total. The molecule has 27 heavy (non-hydrogen) atoms. The van der Waals surface area contributed by atoms with Crippen molar-refractivity contribution in [2.45, 2.75) is 52.1 Å². The maximum atomic E-state index is 12.9. The molecule has 1 saturated heterocycles. The monoisotopic (exact) mass is 368 g/mol. The van der Waals surface area contributed by atoms with Gasteiger partial charge in [-0.25, -0.2) is 0 Å².